The van der Waals surface area contributed by atoms with Crippen molar-refractivity contribution in [2.45, 2.75) is 18.6 Å². The number of anilines is 1. The Morgan fingerprint density at radius 3 is 1.78 bits per heavy atom. The maximum absolute atomic E-state index is 5.57. The molecule has 0 unspecified atom stereocenters. The SMILES string of the molecule is c1ccc(CN2CNc3cc4c(cc3C2)c(-c2ccncc2)nn4C(c2ccccc2)(c2ccccc2)c2ccccc2)cc1. The summed E-state index contributed by atoms with van der Waals surface area (Å²) in [5.41, 5.74) is 9.50. The van der Waals surface area contributed by atoms with E-state index in [1.54, 1.807) is 0 Å². The van der Waals surface area contributed by atoms with Gasteiger partial charge in [0.2, 0.25) is 0 Å². The Kier molecular flexibility index (Phi) is 6.93. The lowest BCUT2D eigenvalue weighted by Gasteiger charge is -2.37. The van der Waals surface area contributed by atoms with Crippen LogP contribution in [0.1, 0.15) is 27.8 Å². The van der Waals surface area contributed by atoms with Crippen LogP contribution in [0.4, 0.5) is 5.69 Å². The second-order valence-corrected chi connectivity index (χ2v) is 11.6. The van der Waals surface area contributed by atoms with Crippen LogP contribution in [0.15, 0.2) is 158 Å². The highest BCUT2D eigenvalue weighted by Crippen LogP contribution is 2.45. The zero-order valence-electron chi connectivity index (χ0n) is 24.9. The summed E-state index contributed by atoms with van der Waals surface area (Å²) in [5.74, 6) is 0. The first-order valence-electron chi connectivity index (χ1n) is 15.4. The highest BCUT2D eigenvalue weighted by Gasteiger charge is 2.41. The number of benzene rings is 5. The Labute approximate surface area is 263 Å². The lowest BCUT2D eigenvalue weighted by molar-refractivity contribution is 0.267. The van der Waals surface area contributed by atoms with E-state index in [9.17, 15) is 0 Å². The molecule has 0 radical (unpaired) electrons. The highest BCUT2D eigenvalue weighted by atomic mass is 15.3. The molecule has 5 heteroatoms. The Balaban J connectivity index is 1.40. The molecule has 0 aliphatic carbocycles. The predicted octanol–water partition coefficient (Wildman–Crippen LogP) is 8.32. The van der Waals surface area contributed by atoms with Crippen LogP contribution in [0.2, 0.25) is 0 Å². The minimum Gasteiger partial charge on any atom is -0.372 e. The Morgan fingerprint density at radius 1 is 0.644 bits per heavy atom. The van der Waals surface area contributed by atoms with Gasteiger partial charge in [-0.1, -0.05) is 121 Å². The van der Waals surface area contributed by atoms with Crippen LogP contribution >= 0.6 is 0 Å². The van der Waals surface area contributed by atoms with Gasteiger partial charge in [0.25, 0.3) is 0 Å². The predicted molar refractivity (Wildman–Crippen MR) is 182 cm³/mol. The van der Waals surface area contributed by atoms with Crippen molar-refractivity contribution in [1.29, 1.82) is 0 Å². The zero-order valence-corrected chi connectivity index (χ0v) is 24.9. The van der Waals surface area contributed by atoms with Gasteiger partial charge in [-0.2, -0.15) is 5.10 Å². The second kappa shape index (κ2) is 11.5. The number of hydrogen-bond acceptors (Lipinski definition) is 4. The quantitative estimate of drug-likeness (QED) is 0.192. The van der Waals surface area contributed by atoms with Crippen molar-refractivity contribution in [1.82, 2.24) is 19.7 Å². The van der Waals surface area contributed by atoms with Gasteiger partial charge in [0.15, 0.2) is 0 Å². The molecule has 5 aromatic carbocycles. The van der Waals surface area contributed by atoms with Crippen LogP contribution in [-0.4, -0.2) is 26.3 Å². The lowest BCUT2D eigenvalue weighted by atomic mass is 9.77. The number of nitrogens with zero attached hydrogens (tertiary/aromatic N) is 4. The van der Waals surface area contributed by atoms with E-state index in [1.165, 1.54) is 11.1 Å². The van der Waals surface area contributed by atoms with Crippen LogP contribution < -0.4 is 5.32 Å². The molecule has 0 amide bonds. The average molecular weight is 584 g/mol. The smallest absolute Gasteiger partial charge is 0.138 e. The summed E-state index contributed by atoms with van der Waals surface area (Å²) in [6.07, 6.45) is 3.70. The summed E-state index contributed by atoms with van der Waals surface area (Å²) in [7, 11) is 0. The maximum atomic E-state index is 5.57. The number of nitrogens with one attached hydrogen (secondary N) is 1. The first kappa shape index (κ1) is 27.1. The average Bonchev–Trinajstić information content (AvgIpc) is 3.48. The highest BCUT2D eigenvalue weighted by molar-refractivity contribution is 5.96. The molecule has 1 N–H and O–H groups in total. The molecule has 0 bridgehead atoms. The van der Waals surface area contributed by atoms with Crippen molar-refractivity contribution in [3.8, 4) is 11.3 Å². The third-order valence-corrected chi connectivity index (χ3v) is 8.89. The number of rotatable bonds is 7. The molecule has 7 aromatic rings. The standard InChI is InChI=1S/C40H33N5/c1-5-13-30(14-6-1)27-44-28-32-25-36-38(26-37(32)42-29-44)45(43-39(36)31-21-23-41-24-22-31)40(33-15-7-2-8-16-33,34-17-9-3-10-18-34)35-19-11-4-12-20-35/h1-26,42H,27-29H2. The van der Waals surface area contributed by atoms with Crippen molar-refractivity contribution >= 4 is 16.6 Å². The summed E-state index contributed by atoms with van der Waals surface area (Å²) in [4.78, 5) is 6.76. The summed E-state index contributed by atoms with van der Waals surface area (Å²) < 4.78 is 2.26. The monoisotopic (exact) mass is 583 g/mol. The van der Waals surface area contributed by atoms with Crippen molar-refractivity contribution in [3.05, 3.63) is 186 Å². The molecule has 45 heavy (non-hydrogen) atoms. The normalized spacial score (nSPS) is 13.3. The lowest BCUT2D eigenvalue weighted by Crippen LogP contribution is -2.38. The Morgan fingerprint density at radius 2 is 1.20 bits per heavy atom. The molecule has 0 saturated carbocycles. The van der Waals surface area contributed by atoms with Gasteiger partial charge < -0.3 is 5.32 Å². The molecular formula is C40H33N5. The van der Waals surface area contributed by atoms with Gasteiger partial charge in [0, 0.05) is 42.1 Å². The van der Waals surface area contributed by atoms with Gasteiger partial charge in [-0.05, 0) is 52.1 Å². The van der Waals surface area contributed by atoms with Crippen molar-refractivity contribution in [2.24, 2.45) is 0 Å². The van der Waals surface area contributed by atoms with Gasteiger partial charge in [0.1, 0.15) is 11.2 Å². The molecule has 8 rings (SSSR count). The molecule has 2 aromatic heterocycles. The van der Waals surface area contributed by atoms with E-state index < -0.39 is 5.54 Å². The number of pyridine rings is 1. The van der Waals surface area contributed by atoms with E-state index in [-0.39, 0.29) is 0 Å². The summed E-state index contributed by atoms with van der Waals surface area (Å²) >= 11 is 0. The molecule has 0 atom stereocenters. The van der Waals surface area contributed by atoms with E-state index in [0.717, 1.165) is 64.3 Å². The minimum atomic E-state index is -0.727. The van der Waals surface area contributed by atoms with Crippen molar-refractivity contribution in [3.63, 3.8) is 0 Å². The zero-order chi connectivity index (χ0) is 30.1. The van der Waals surface area contributed by atoms with Crippen molar-refractivity contribution in [2.75, 3.05) is 12.0 Å². The van der Waals surface area contributed by atoms with Gasteiger partial charge in [0.05, 0.1) is 12.2 Å². The van der Waals surface area contributed by atoms with Crippen LogP contribution in [0, 0.1) is 0 Å². The second-order valence-electron chi connectivity index (χ2n) is 11.6. The third-order valence-electron chi connectivity index (χ3n) is 8.89. The van der Waals surface area contributed by atoms with Gasteiger partial charge >= 0.3 is 0 Å². The Hall–Kier alpha value is -5.52. The van der Waals surface area contributed by atoms with Crippen LogP contribution in [0.25, 0.3) is 22.2 Å². The van der Waals surface area contributed by atoms with Crippen LogP contribution in [-0.2, 0) is 18.6 Å². The molecule has 1 aliphatic rings. The van der Waals surface area contributed by atoms with Crippen molar-refractivity contribution < 1.29 is 0 Å². The van der Waals surface area contributed by atoms with E-state index in [0.29, 0.717) is 0 Å². The Bertz CT molecular complexity index is 1940. The van der Waals surface area contributed by atoms with Gasteiger partial charge in [-0.3, -0.25) is 9.88 Å². The largest absolute Gasteiger partial charge is 0.372 e. The van der Waals surface area contributed by atoms with E-state index in [1.807, 2.05) is 12.4 Å². The minimum absolute atomic E-state index is 0.727. The van der Waals surface area contributed by atoms with Crippen LogP contribution in [0.3, 0.4) is 0 Å². The molecule has 218 valence electrons. The number of hydrogen-bond donors (Lipinski definition) is 1. The first-order valence-corrected chi connectivity index (χ1v) is 15.4. The molecule has 5 nitrogen and oxygen atoms in total. The first-order chi connectivity index (χ1) is 22.3. The molecule has 3 heterocycles. The fourth-order valence-electron chi connectivity index (χ4n) is 6.83. The van der Waals surface area contributed by atoms with Crippen LogP contribution in [0.5, 0.6) is 0 Å². The summed E-state index contributed by atoms with van der Waals surface area (Å²) in [5, 5.41) is 10.4. The number of fused-ring (bicyclic) bond motifs is 2. The van der Waals surface area contributed by atoms with E-state index in [4.69, 9.17) is 5.10 Å². The molecule has 0 saturated heterocycles. The van der Waals surface area contributed by atoms with E-state index >= 15 is 0 Å². The summed E-state index contributed by atoms with van der Waals surface area (Å²) in [6, 6.07) is 51.7. The third kappa shape index (κ3) is 4.78. The molecular weight excluding hydrogens is 550 g/mol. The van der Waals surface area contributed by atoms with Gasteiger partial charge in [-0.15, -0.1) is 0 Å². The number of aromatic nitrogens is 3. The molecule has 1 aliphatic heterocycles. The fraction of sp³-hybridized carbons (Fsp3) is 0.100. The molecule has 0 spiro atoms. The fourth-order valence-corrected chi connectivity index (χ4v) is 6.83. The van der Waals surface area contributed by atoms with Gasteiger partial charge in [-0.25, -0.2) is 4.68 Å². The maximum Gasteiger partial charge on any atom is 0.138 e. The molecule has 0 fully saturated rings. The summed E-state index contributed by atoms with van der Waals surface area (Å²) in [6.45, 7) is 2.52. The topological polar surface area (TPSA) is 46.0 Å². The van der Waals surface area contributed by atoms with E-state index in [2.05, 4.69) is 165 Å².